The Kier molecular flexibility index (Phi) is 8.45. The van der Waals surface area contributed by atoms with Gasteiger partial charge in [-0.15, -0.1) is 16.8 Å². The molecule has 2 heterocycles. The highest BCUT2D eigenvalue weighted by Gasteiger charge is 2.08. The van der Waals surface area contributed by atoms with E-state index < -0.39 is 0 Å². The van der Waals surface area contributed by atoms with Gasteiger partial charge in [0.15, 0.2) is 11.8 Å². The number of likely N-dealkylation sites (tertiary alicyclic amines) is 1. The molecule has 0 aromatic carbocycles. The van der Waals surface area contributed by atoms with Gasteiger partial charge in [-0.2, -0.15) is 0 Å². The minimum atomic E-state index is 0.510. The van der Waals surface area contributed by atoms with Crippen molar-refractivity contribution in [2.45, 2.75) is 45.6 Å². The second-order valence-electron chi connectivity index (χ2n) is 6.59. The summed E-state index contributed by atoms with van der Waals surface area (Å²) < 4.78 is 1.97. The van der Waals surface area contributed by atoms with Crippen LogP contribution in [0.15, 0.2) is 17.6 Å². The molecule has 0 spiro atoms. The summed E-state index contributed by atoms with van der Waals surface area (Å²) in [5.74, 6) is 2.56. The van der Waals surface area contributed by atoms with Crippen LogP contribution in [0.4, 0.5) is 0 Å². The number of rotatable bonds is 8. The zero-order chi connectivity index (χ0) is 17.9. The topological polar surface area (TPSA) is 70.4 Å². The van der Waals surface area contributed by atoms with Crippen molar-refractivity contribution in [1.29, 1.82) is 0 Å². The third-order valence-corrected chi connectivity index (χ3v) is 4.62. The predicted molar refractivity (Wildman–Crippen MR) is 103 cm³/mol. The van der Waals surface area contributed by atoms with Gasteiger partial charge in [0.05, 0.1) is 0 Å². The number of nitrogens with zero attached hydrogens (tertiary/aromatic N) is 5. The van der Waals surface area contributed by atoms with Crippen LogP contribution < -0.4 is 10.6 Å². The van der Waals surface area contributed by atoms with Gasteiger partial charge in [0.2, 0.25) is 0 Å². The molecule has 0 amide bonds. The largest absolute Gasteiger partial charge is 0.356 e. The number of aromatic nitrogens is 3. The molecule has 1 aliphatic heterocycles. The van der Waals surface area contributed by atoms with E-state index in [4.69, 9.17) is 0 Å². The van der Waals surface area contributed by atoms with Crippen LogP contribution >= 0.6 is 0 Å². The van der Waals surface area contributed by atoms with Crippen molar-refractivity contribution in [2.75, 3.05) is 32.7 Å². The molecular weight excluding hydrogens is 314 g/mol. The first kappa shape index (κ1) is 19.4. The van der Waals surface area contributed by atoms with E-state index in [9.17, 15) is 0 Å². The fraction of sp³-hybridized carbons (Fsp3) is 0.722. The summed E-state index contributed by atoms with van der Waals surface area (Å²) in [5.41, 5.74) is 0. The van der Waals surface area contributed by atoms with Gasteiger partial charge < -0.3 is 20.1 Å². The number of aryl methyl sites for hydroxylation is 1. The van der Waals surface area contributed by atoms with Crippen LogP contribution in [0.5, 0.6) is 0 Å². The zero-order valence-corrected chi connectivity index (χ0v) is 15.8. The van der Waals surface area contributed by atoms with E-state index in [-0.39, 0.29) is 0 Å². The van der Waals surface area contributed by atoms with Crippen LogP contribution in [0.3, 0.4) is 0 Å². The summed E-state index contributed by atoms with van der Waals surface area (Å²) >= 11 is 0. The second kappa shape index (κ2) is 10.9. The minimum Gasteiger partial charge on any atom is -0.356 e. The zero-order valence-electron chi connectivity index (χ0n) is 15.8. The summed E-state index contributed by atoms with van der Waals surface area (Å²) in [6, 6.07) is 0. The number of hydrogen-bond acceptors (Lipinski definition) is 4. The van der Waals surface area contributed by atoms with E-state index in [1.165, 1.54) is 38.8 Å². The van der Waals surface area contributed by atoms with Crippen molar-refractivity contribution >= 4 is 5.96 Å². The number of aliphatic imine (C=N–C) groups is 1. The fourth-order valence-corrected chi connectivity index (χ4v) is 2.95. The Labute approximate surface area is 151 Å². The molecule has 0 radical (unpaired) electrons. The van der Waals surface area contributed by atoms with Crippen LogP contribution in [0.2, 0.25) is 0 Å². The molecule has 0 aliphatic carbocycles. The maximum Gasteiger partial charge on any atom is 0.191 e. The standard InChI is InChI=1S/C18H33N7/c1-4-10-19-18(21-15-17-23-22-16(2)24(17)3)20-11-9-14-25-12-7-5-6-8-13-25/h4H,1,5-15H2,2-3H3,(H2,19,20,21). The summed E-state index contributed by atoms with van der Waals surface area (Å²) in [6.07, 6.45) is 8.42. The quantitative estimate of drug-likeness (QED) is 0.324. The van der Waals surface area contributed by atoms with Gasteiger partial charge in [-0.05, 0) is 45.8 Å². The first-order valence-corrected chi connectivity index (χ1v) is 9.41. The molecule has 0 saturated carbocycles. The van der Waals surface area contributed by atoms with Crippen LogP contribution in [-0.2, 0) is 13.6 Å². The van der Waals surface area contributed by atoms with Crippen molar-refractivity contribution in [1.82, 2.24) is 30.3 Å². The van der Waals surface area contributed by atoms with E-state index in [2.05, 4.69) is 37.3 Å². The normalized spacial score (nSPS) is 16.5. The van der Waals surface area contributed by atoms with E-state index >= 15 is 0 Å². The highest BCUT2D eigenvalue weighted by Crippen LogP contribution is 2.09. The van der Waals surface area contributed by atoms with Crippen LogP contribution in [0.25, 0.3) is 0 Å². The SMILES string of the molecule is C=CCNC(=NCc1nnc(C)n1C)NCCCN1CCCCCC1. The smallest absolute Gasteiger partial charge is 0.191 e. The molecule has 1 fully saturated rings. The molecule has 2 rings (SSSR count). The lowest BCUT2D eigenvalue weighted by atomic mass is 10.2. The molecule has 7 nitrogen and oxygen atoms in total. The van der Waals surface area contributed by atoms with E-state index in [0.29, 0.717) is 13.1 Å². The first-order valence-electron chi connectivity index (χ1n) is 9.41. The third-order valence-electron chi connectivity index (χ3n) is 4.62. The molecule has 1 aliphatic rings. The summed E-state index contributed by atoms with van der Waals surface area (Å²) in [7, 11) is 1.96. The maximum atomic E-state index is 4.61. The molecular formula is C18H33N7. The van der Waals surface area contributed by atoms with Gasteiger partial charge in [-0.1, -0.05) is 18.9 Å². The Balaban J connectivity index is 1.77. The van der Waals surface area contributed by atoms with Crippen LogP contribution in [0.1, 0.15) is 43.8 Å². The molecule has 1 aromatic rings. The monoisotopic (exact) mass is 347 g/mol. The van der Waals surface area contributed by atoms with E-state index in [1.54, 1.807) is 0 Å². The Morgan fingerprint density at radius 1 is 1.20 bits per heavy atom. The molecule has 1 aromatic heterocycles. The first-order chi connectivity index (χ1) is 12.2. The van der Waals surface area contributed by atoms with Crippen molar-refractivity contribution in [2.24, 2.45) is 12.0 Å². The predicted octanol–water partition coefficient (Wildman–Crippen LogP) is 1.61. The molecule has 0 unspecified atom stereocenters. The summed E-state index contributed by atoms with van der Waals surface area (Å²) in [5, 5.41) is 14.9. The lowest BCUT2D eigenvalue weighted by Crippen LogP contribution is -2.39. The maximum absolute atomic E-state index is 4.61. The molecule has 0 atom stereocenters. The third kappa shape index (κ3) is 6.86. The number of hydrogen-bond donors (Lipinski definition) is 2. The van der Waals surface area contributed by atoms with Crippen molar-refractivity contribution < 1.29 is 0 Å². The van der Waals surface area contributed by atoms with Crippen molar-refractivity contribution in [3.8, 4) is 0 Å². The molecule has 25 heavy (non-hydrogen) atoms. The average molecular weight is 348 g/mol. The average Bonchev–Trinajstić information content (AvgIpc) is 2.82. The number of guanidine groups is 1. The summed E-state index contributed by atoms with van der Waals surface area (Å²) in [4.78, 5) is 7.20. The Morgan fingerprint density at radius 2 is 1.96 bits per heavy atom. The Bertz CT molecular complexity index is 542. The van der Waals surface area contributed by atoms with E-state index in [1.807, 2.05) is 24.6 Å². The highest BCUT2D eigenvalue weighted by atomic mass is 15.3. The lowest BCUT2D eigenvalue weighted by Gasteiger charge is -2.20. The van der Waals surface area contributed by atoms with Gasteiger partial charge in [-0.3, -0.25) is 0 Å². The van der Waals surface area contributed by atoms with Gasteiger partial charge in [0, 0.05) is 20.1 Å². The second-order valence-corrected chi connectivity index (χ2v) is 6.59. The molecule has 2 N–H and O–H groups in total. The Hall–Kier alpha value is -1.89. The van der Waals surface area contributed by atoms with Crippen LogP contribution in [-0.4, -0.2) is 58.3 Å². The Morgan fingerprint density at radius 3 is 2.60 bits per heavy atom. The van der Waals surface area contributed by atoms with Crippen molar-refractivity contribution in [3.63, 3.8) is 0 Å². The van der Waals surface area contributed by atoms with Crippen LogP contribution in [0, 0.1) is 6.92 Å². The van der Waals surface area contributed by atoms with Gasteiger partial charge in [0.1, 0.15) is 12.4 Å². The molecule has 1 saturated heterocycles. The van der Waals surface area contributed by atoms with Gasteiger partial charge in [0.25, 0.3) is 0 Å². The molecule has 140 valence electrons. The fourth-order valence-electron chi connectivity index (χ4n) is 2.95. The van der Waals surface area contributed by atoms with Gasteiger partial charge in [-0.25, -0.2) is 4.99 Å². The van der Waals surface area contributed by atoms with Gasteiger partial charge >= 0.3 is 0 Å². The molecule has 7 heteroatoms. The molecule has 0 bridgehead atoms. The lowest BCUT2D eigenvalue weighted by molar-refractivity contribution is 0.282. The summed E-state index contributed by atoms with van der Waals surface area (Å²) in [6.45, 7) is 11.5. The van der Waals surface area contributed by atoms with E-state index in [0.717, 1.165) is 37.1 Å². The minimum absolute atomic E-state index is 0.510. The number of nitrogens with one attached hydrogen (secondary N) is 2. The highest BCUT2D eigenvalue weighted by molar-refractivity contribution is 5.79. The van der Waals surface area contributed by atoms with Crippen molar-refractivity contribution in [3.05, 3.63) is 24.3 Å².